The summed E-state index contributed by atoms with van der Waals surface area (Å²) in [6, 6.07) is 27.0. The fourth-order valence-electron chi connectivity index (χ4n) is 5.64. The molecule has 0 aromatic heterocycles. The molecule has 2 aliphatic rings. The van der Waals surface area contributed by atoms with E-state index in [1.54, 1.807) is 0 Å². The molecule has 0 radical (unpaired) electrons. The van der Waals surface area contributed by atoms with Crippen molar-refractivity contribution in [2.45, 2.75) is 31.8 Å². The minimum absolute atomic E-state index is 0.0121. The normalized spacial score (nSPS) is 21.6. The number of nitrogens with zero attached hydrogens (tertiary/aromatic N) is 1. The molecule has 0 spiro atoms. The Morgan fingerprint density at radius 2 is 1.49 bits per heavy atom. The first-order chi connectivity index (χ1) is 17.2. The highest BCUT2D eigenvalue weighted by Gasteiger charge is 2.42. The first-order valence-corrected chi connectivity index (χ1v) is 13.8. The average molecular weight is 534 g/mol. The van der Waals surface area contributed by atoms with Gasteiger partial charge in [0, 0.05) is 30.5 Å². The van der Waals surface area contributed by atoms with E-state index in [-0.39, 0.29) is 12.2 Å². The highest BCUT2D eigenvalue weighted by atomic mass is 79.9. The first kappa shape index (κ1) is 24.1. The summed E-state index contributed by atoms with van der Waals surface area (Å²) >= 11 is 3.51. The molecular formula is C30H33BrN2O2. The molecular weight excluding hydrogens is 500 g/mol. The third-order valence-electron chi connectivity index (χ3n) is 7.43. The molecule has 1 saturated heterocycles. The quantitative estimate of drug-likeness (QED) is 0.324. The Hall–Kier alpha value is -2.63. The van der Waals surface area contributed by atoms with Crippen molar-refractivity contribution in [2.75, 3.05) is 30.3 Å². The van der Waals surface area contributed by atoms with E-state index < -0.39 is 0 Å². The summed E-state index contributed by atoms with van der Waals surface area (Å²) in [5.74, 6) is 1.26. The van der Waals surface area contributed by atoms with Crippen LogP contribution in [0.5, 0.6) is 0 Å². The fourth-order valence-corrected chi connectivity index (χ4v) is 6.10. The molecule has 1 saturated carbocycles. The molecule has 3 atom stereocenters. The molecule has 1 aliphatic heterocycles. The number of carbonyl (C=O) groups excluding carboxylic acids is 1. The predicted molar refractivity (Wildman–Crippen MR) is 146 cm³/mol. The first-order valence-electron chi connectivity index (χ1n) is 12.7. The van der Waals surface area contributed by atoms with Crippen LogP contribution in [0.4, 0.5) is 10.5 Å². The monoisotopic (exact) mass is 532 g/mol. The Morgan fingerprint density at radius 3 is 2.17 bits per heavy atom. The summed E-state index contributed by atoms with van der Waals surface area (Å²) in [7, 11) is 0. The summed E-state index contributed by atoms with van der Waals surface area (Å²) in [5, 5.41) is 4.00. The maximum absolute atomic E-state index is 12.7. The van der Waals surface area contributed by atoms with E-state index >= 15 is 0 Å². The molecule has 5 heteroatoms. The molecule has 35 heavy (non-hydrogen) atoms. The van der Waals surface area contributed by atoms with Gasteiger partial charge in [0.15, 0.2) is 0 Å². The van der Waals surface area contributed by atoms with Crippen molar-refractivity contribution in [3.05, 3.63) is 90.0 Å². The third-order valence-corrected chi connectivity index (χ3v) is 7.83. The second-order valence-corrected chi connectivity index (χ2v) is 10.6. The number of amides is 1. The Kier molecular flexibility index (Phi) is 7.85. The number of hydrogen-bond donors (Lipinski definition) is 1. The second-order valence-electron chi connectivity index (χ2n) is 9.82. The average Bonchev–Trinajstić information content (AvgIpc) is 3.43. The number of carbonyl (C=O) groups is 1. The summed E-state index contributed by atoms with van der Waals surface area (Å²) in [4.78, 5) is 15.3. The molecule has 1 N–H and O–H groups in total. The molecule has 3 aromatic carbocycles. The summed E-state index contributed by atoms with van der Waals surface area (Å²) < 4.78 is 5.87. The maximum Gasteiger partial charge on any atom is 0.411 e. The Morgan fingerprint density at radius 1 is 0.857 bits per heavy atom. The highest BCUT2D eigenvalue weighted by molar-refractivity contribution is 9.09. The van der Waals surface area contributed by atoms with Gasteiger partial charge < -0.3 is 9.64 Å². The van der Waals surface area contributed by atoms with Gasteiger partial charge in [-0.3, -0.25) is 5.32 Å². The topological polar surface area (TPSA) is 41.6 Å². The van der Waals surface area contributed by atoms with Gasteiger partial charge in [-0.05, 0) is 60.3 Å². The van der Waals surface area contributed by atoms with E-state index in [0.29, 0.717) is 11.8 Å². The van der Waals surface area contributed by atoms with Crippen molar-refractivity contribution in [1.82, 2.24) is 4.90 Å². The summed E-state index contributed by atoms with van der Waals surface area (Å²) in [6.45, 7) is 3.34. The third kappa shape index (κ3) is 6.14. The lowest BCUT2D eigenvalue weighted by atomic mass is 10.0. The van der Waals surface area contributed by atoms with Crippen molar-refractivity contribution in [3.63, 3.8) is 0 Å². The number of rotatable bonds is 8. The lowest BCUT2D eigenvalue weighted by Gasteiger charge is -2.20. The van der Waals surface area contributed by atoms with Crippen molar-refractivity contribution in [3.8, 4) is 11.1 Å². The van der Waals surface area contributed by atoms with Crippen LogP contribution >= 0.6 is 15.9 Å². The molecule has 1 heterocycles. The predicted octanol–water partition coefficient (Wildman–Crippen LogP) is 6.79. The molecule has 1 aliphatic carbocycles. The Bertz CT molecular complexity index is 1100. The van der Waals surface area contributed by atoms with Crippen LogP contribution in [0.25, 0.3) is 11.1 Å². The van der Waals surface area contributed by atoms with Crippen LogP contribution in [-0.4, -0.2) is 42.1 Å². The molecule has 1 unspecified atom stereocenters. The Labute approximate surface area is 216 Å². The number of fused-ring (bicyclic) bond motifs is 1. The summed E-state index contributed by atoms with van der Waals surface area (Å²) in [6.07, 6.45) is 3.77. The van der Waals surface area contributed by atoms with Crippen molar-refractivity contribution in [1.29, 1.82) is 0 Å². The van der Waals surface area contributed by atoms with Crippen molar-refractivity contribution >= 4 is 27.7 Å². The molecule has 3 aromatic rings. The van der Waals surface area contributed by atoms with Crippen molar-refractivity contribution in [2.24, 2.45) is 11.8 Å². The van der Waals surface area contributed by atoms with Crippen molar-refractivity contribution < 1.29 is 9.53 Å². The molecule has 2 fully saturated rings. The van der Waals surface area contributed by atoms with E-state index in [2.05, 4.69) is 62.5 Å². The number of aryl methyl sites for hydroxylation is 1. The maximum atomic E-state index is 12.7. The zero-order chi connectivity index (χ0) is 24.0. The highest BCUT2D eigenvalue weighted by Crippen LogP contribution is 2.39. The number of halogens is 1. The van der Waals surface area contributed by atoms with Gasteiger partial charge >= 0.3 is 6.09 Å². The lowest BCUT2D eigenvalue weighted by Crippen LogP contribution is -2.27. The number of ether oxygens (including phenoxy) is 1. The van der Waals surface area contributed by atoms with E-state index in [1.807, 2.05) is 42.5 Å². The van der Waals surface area contributed by atoms with E-state index in [9.17, 15) is 4.79 Å². The number of para-hydroxylation sites is 1. The number of alkyl halides is 1. The van der Waals surface area contributed by atoms with Gasteiger partial charge in [0.25, 0.3) is 0 Å². The zero-order valence-electron chi connectivity index (χ0n) is 20.0. The number of anilines is 1. The Balaban J connectivity index is 1.08. The number of benzene rings is 3. The number of likely N-dealkylation sites (tertiary alicyclic amines) is 1. The van der Waals surface area contributed by atoms with Crippen LogP contribution in [0.1, 0.15) is 24.0 Å². The molecule has 182 valence electrons. The number of nitrogens with one attached hydrogen (secondary N) is 1. The zero-order valence-corrected chi connectivity index (χ0v) is 21.6. The standard InChI is InChI=1S/C30H33BrN2O2/c31-16-14-22-10-12-23(13-11-22)15-17-33-20-25-18-27(19-26(25)21-33)35-30(34)32-29-9-5-4-8-28(29)24-6-2-1-3-7-24/h1-13,25-27H,14-21H2,(H,32,34)/t25-,26+,27?. The van der Waals surface area contributed by atoms with Gasteiger partial charge in [-0.25, -0.2) is 4.79 Å². The fraction of sp³-hybridized carbons (Fsp3) is 0.367. The van der Waals surface area contributed by atoms with Crippen LogP contribution in [-0.2, 0) is 17.6 Å². The second kappa shape index (κ2) is 11.4. The van der Waals surface area contributed by atoms with Gasteiger partial charge in [-0.1, -0.05) is 88.7 Å². The van der Waals surface area contributed by atoms with Crippen LogP contribution < -0.4 is 5.32 Å². The molecule has 1 amide bonds. The minimum Gasteiger partial charge on any atom is -0.446 e. The molecule has 0 bridgehead atoms. The van der Waals surface area contributed by atoms with Gasteiger partial charge in [0.1, 0.15) is 6.10 Å². The number of hydrogen-bond acceptors (Lipinski definition) is 3. The minimum atomic E-state index is -0.349. The van der Waals surface area contributed by atoms with Gasteiger partial charge in [0.2, 0.25) is 0 Å². The van der Waals surface area contributed by atoms with Crippen LogP contribution in [0, 0.1) is 11.8 Å². The van der Waals surface area contributed by atoms with Gasteiger partial charge in [0.05, 0.1) is 5.69 Å². The van der Waals surface area contributed by atoms with Crippen LogP contribution in [0.15, 0.2) is 78.9 Å². The summed E-state index contributed by atoms with van der Waals surface area (Å²) in [5.41, 5.74) is 5.66. The van der Waals surface area contributed by atoms with E-state index in [1.165, 1.54) is 11.1 Å². The molecule has 5 rings (SSSR count). The lowest BCUT2D eigenvalue weighted by molar-refractivity contribution is 0.106. The largest absolute Gasteiger partial charge is 0.446 e. The molecule has 4 nitrogen and oxygen atoms in total. The van der Waals surface area contributed by atoms with Crippen LogP contribution in [0.2, 0.25) is 0 Å². The van der Waals surface area contributed by atoms with Gasteiger partial charge in [-0.15, -0.1) is 0 Å². The van der Waals surface area contributed by atoms with E-state index in [0.717, 1.165) is 67.5 Å². The SMILES string of the molecule is O=C(Nc1ccccc1-c1ccccc1)OC1C[C@@H]2CN(CCc3ccc(CCBr)cc3)C[C@@H]2C1. The van der Waals surface area contributed by atoms with E-state index in [4.69, 9.17) is 4.74 Å². The smallest absolute Gasteiger partial charge is 0.411 e. The van der Waals surface area contributed by atoms with Crippen LogP contribution in [0.3, 0.4) is 0 Å². The van der Waals surface area contributed by atoms with Gasteiger partial charge in [-0.2, -0.15) is 0 Å².